The quantitative estimate of drug-likeness (QED) is 0.728. The zero-order valence-corrected chi connectivity index (χ0v) is 12.8. The van der Waals surface area contributed by atoms with Crippen LogP contribution in [0.5, 0.6) is 5.75 Å². The second-order valence-corrected chi connectivity index (χ2v) is 5.24. The maximum absolute atomic E-state index is 9.85. The summed E-state index contributed by atoms with van der Waals surface area (Å²) < 4.78 is 7.26. The van der Waals surface area contributed by atoms with Crippen molar-refractivity contribution in [1.82, 2.24) is 15.1 Å². The third-order valence-corrected chi connectivity index (χ3v) is 3.29. The third kappa shape index (κ3) is 5.38. The van der Waals surface area contributed by atoms with E-state index in [4.69, 9.17) is 16.3 Å². The second kappa shape index (κ2) is 8.02. The van der Waals surface area contributed by atoms with E-state index in [1.54, 1.807) is 16.8 Å². The van der Waals surface area contributed by atoms with Gasteiger partial charge in [0.1, 0.15) is 18.5 Å². The van der Waals surface area contributed by atoms with E-state index >= 15 is 0 Å². The molecule has 0 bridgehead atoms. The number of hydrogen-bond acceptors (Lipinski definition) is 4. The molecule has 0 amide bonds. The molecule has 2 aromatic rings. The van der Waals surface area contributed by atoms with Gasteiger partial charge in [0, 0.05) is 32.8 Å². The number of hydrogen-bond donors (Lipinski definition) is 2. The molecular formula is C15H20ClN3O2. The van der Waals surface area contributed by atoms with Crippen molar-refractivity contribution in [3.63, 3.8) is 0 Å². The Morgan fingerprint density at radius 3 is 2.90 bits per heavy atom. The molecule has 0 saturated heterocycles. The standard InChI is InChI=1S/C15H20ClN3O2/c1-19-9-7-12(18-19)6-8-17-10-13(20)11-21-15-5-3-2-4-14(15)16/h2-5,7,9,13,17,20H,6,8,10-11H2,1H3. The first kappa shape index (κ1) is 15.8. The largest absolute Gasteiger partial charge is 0.489 e. The van der Waals surface area contributed by atoms with Gasteiger partial charge in [-0.1, -0.05) is 23.7 Å². The summed E-state index contributed by atoms with van der Waals surface area (Å²) in [6, 6.07) is 9.21. The lowest BCUT2D eigenvalue weighted by molar-refractivity contribution is 0.106. The number of ether oxygens (including phenoxy) is 1. The number of aliphatic hydroxyl groups excluding tert-OH is 1. The summed E-state index contributed by atoms with van der Waals surface area (Å²) in [4.78, 5) is 0. The lowest BCUT2D eigenvalue weighted by Crippen LogP contribution is -2.32. The second-order valence-electron chi connectivity index (χ2n) is 4.83. The Labute approximate surface area is 129 Å². The predicted octanol–water partition coefficient (Wildman–Crippen LogP) is 1.65. The third-order valence-electron chi connectivity index (χ3n) is 2.97. The highest BCUT2D eigenvalue weighted by atomic mass is 35.5. The molecule has 0 radical (unpaired) electrons. The van der Waals surface area contributed by atoms with Gasteiger partial charge in [-0.15, -0.1) is 0 Å². The zero-order valence-electron chi connectivity index (χ0n) is 12.0. The molecule has 6 heteroatoms. The molecule has 1 unspecified atom stereocenters. The highest BCUT2D eigenvalue weighted by Gasteiger charge is 2.07. The topological polar surface area (TPSA) is 59.3 Å². The summed E-state index contributed by atoms with van der Waals surface area (Å²) in [6.07, 6.45) is 2.17. The summed E-state index contributed by atoms with van der Waals surface area (Å²) in [7, 11) is 1.90. The Morgan fingerprint density at radius 1 is 1.38 bits per heavy atom. The molecule has 114 valence electrons. The number of nitrogens with one attached hydrogen (secondary N) is 1. The molecule has 0 spiro atoms. The number of benzene rings is 1. The van der Waals surface area contributed by atoms with E-state index in [0.29, 0.717) is 17.3 Å². The molecular weight excluding hydrogens is 290 g/mol. The molecule has 1 heterocycles. The van der Waals surface area contributed by atoms with E-state index in [1.807, 2.05) is 31.4 Å². The van der Waals surface area contributed by atoms with E-state index in [2.05, 4.69) is 10.4 Å². The number of aryl methyl sites for hydroxylation is 1. The molecule has 1 aromatic heterocycles. The van der Waals surface area contributed by atoms with Gasteiger partial charge in [-0.3, -0.25) is 4.68 Å². The molecule has 5 nitrogen and oxygen atoms in total. The van der Waals surface area contributed by atoms with E-state index in [1.165, 1.54) is 0 Å². The summed E-state index contributed by atoms with van der Waals surface area (Å²) in [6.45, 7) is 1.44. The van der Waals surface area contributed by atoms with Gasteiger partial charge in [0.2, 0.25) is 0 Å². The smallest absolute Gasteiger partial charge is 0.138 e. The minimum absolute atomic E-state index is 0.209. The molecule has 1 aromatic carbocycles. The van der Waals surface area contributed by atoms with Crippen LogP contribution in [0.3, 0.4) is 0 Å². The van der Waals surface area contributed by atoms with Crippen LogP contribution in [0.1, 0.15) is 5.69 Å². The Balaban J connectivity index is 1.61. The minimum Gasteiger partial charge on any atom is -0.489 e. The van der Waals surface area contributed by atoms with Gasteiger partial charge in [0.25, 0.3) is 0 Å². The van der Waals surface area contributed by atoms with Gasteiger partial charge in [-0.2, -0.15) is 5.10 Å². The lowest BCUT2D eigenvalue weighted by Gasteiger charge is -2.13. The lowest BCUT2D eigenvalue weighted by atomic mass is 10.3. The zero-order chi connectivity index (χ0) is 15.1. The summed E-state index contributed by atoms with van der Waals surface area (Å²) in [5, 5.41) is 17.9. The van der Waals surface area contributed by atoms with E-state index in [0.717, 1.165) is 18.7 Å². The number of aromatic nitrogens is 2. The summed E-state index contributed by atoms with van der Waals surface area (Å²) in [5.74, 6) is 0.590. The van der Waals surface area contributed by atoms with Crippen LogP contribution in [0, 0.1) is 0 Å². The molecule has 21 heavy (non-hydrogen) atoms. The molecule has 0 fully saturated rings. The van der Waals surface area contributed by atoms with Crippen LogP contribution in [0.15, 0.2) is 36.5 Å². The van der Waals surface area contributed by atoms with Crippen LogP contribution >= 0.6 is 11.6 Å². The number of nitrogens with zero attached hydrogens (tertiary/aromatic N) is 2. The van der Waals surface area contributed by atoms with Gasteiger partial charge in [0.15, 0.2) is 0 Å². The highest BCUT2D eigenvalue weighted by molar-refractivity contribution is 6.32. The van der Waals surface area contributed by atoms with Crippen molar-refractivity contribution in [3.05, 3.63) is 47.2 Å². The van der Waals surface area contributed by atoms with Gasteiger partial charge < -0.3 is 15.2 Å². The monoisotopic (exact) mass is 309 g/mol. The average molecular weight is 310 g/mol. The molecule has 0 aliphatic rings. The summed E-state index contributed by atoms with van der Waals surface area (Å²) >= 11 is 5.97. The van der Waals surface area contributed by atoms with Gasteiger partial charge in [0.05, 0.1) is 10.7 Å². The molecule has 0 aliphatic carbocycles. The molecule has 2 rings (SSSR count). The van der Waals surface area contributed by atoms with Gasteiger partial charge >= 0.3 is 0 Å². The van der Waals surface area contributed by atoms with Gasteiger partial charge in [-0.25, -0.2) is 0 Å². The van der Waals surface area contributed by atoms with Crippen molar-refractivity contribution < 1.29 is 9.84 Å². The van der Waals surface area contributed by atoms with Crippen molar-refractivity contribution in [1.29, 1.82) is 0 Å². The van der Waals surface area contributed by atoms with Gasteiger partial charge in [-0.05, 0) is 18.2 Å². The van der Waals surface area contributed by atoms with Crippen LogP contribution in [-0.2, 0) is 13.5 Å². The first-order valence-electron chi connectivity index (χ1n) is 6.90. The maximum atomic E-state index is 9.85. The molecule has 2 N–H and O–H groups in total. The van der Waals surface area contributed by atoms with Crippen molar-refractivity contribution in [2.45, 2.75) is 12.5 Å². The van der Waals surface area contributed by atoms with Crippen molar-refractivity contribution in [2.24, 2.45) is 7.05 Å². The Bertz CT molecular complexity index is 559. The number of para-hydroxylation sites is 1. The predicted molar refractivity (Wildman–Crippen MR) is 82.7 cm³/mol. The Kier molecular flexibility index (Phi) is 6.04. The SMILES string of the molecule is Cn1ccc(CCNCC(O)COc2ccccc2Cl)n1. The first-order chi connectivity index (χ1) is 10.1. The van der Waals surface area contributed by atoms with Crippen LogP contribution in [0.2, 0.25) is 5.02 Å². The maximum Gasteiger partial charge on any atom is 0.138 e. The average Bonchev–Trinajstić information content (AvgIpc) is 2.88. The fraction of sp³-hybridized carbons (Fsp3) is 0.400. The molecule has 0 saturated carbocycles. The summed E-state index contributed by atoms with van der Waals surface area (Å²) in [5.41, 5.74) is 1.03. The Morgan fingerprint density at radius 2 is 2.19 bits per heavy atom. The van der Waals surface area contributed by atoms with Crippen molar-refractivity contribution in [2.75, 3.05) is 19.7 Å². The number of halogens is 1. The van der Waals surface area contributed by atoms with Crippen molar-refractivity contribution in [3.8, 4) is 5.75 Å². The highest BCUT2D eigenvalue weighted by Crippen LogP contribution is 2.22. The first-order valence-corrected chi connectivity index (χ1v) is 7.27. The van der Waals surface area contributed by atoms with Crippen LogP contribution in [0.4, 0.5) is 0 Å². The fourth-order valence-electron chi connectivity index (χ4n) is 1.89. The van der Waals surface area contributed by atoms with E-state index in [9.17, 15) is 5.11 Å². The normalized spacial score (nSPS) is 12.3. The van der Waals surface area contributed by atoms with Crippen LogP contribution < -0.4 is 10.1 Å². The number of aliphatic hydroxyl groups is 1. The Hall–Kier alpha value is -1.56. The van der Waals surface area contributed by atoms with E-state index < -0.39 is 6.10 Å². The molecule has 1 atom stereocenters. The van der Waals surface area contributed by atoms with Crippen LogP contribution in [-0.4, -0.2) is 40.7 Å². The van der Waals surface area contributed by atoms with Crippen LogP contribution in [0.25, 0.3) is 0 Å². The number of rotatable bonds is 8. The minimum atomic E-state index is -0.579. The fourth-order valence-corrected chi connectivity index (χ4v) is 2.08. The van der Waals surface area contributed by atoms with E-state index in [-0.39, 0.29) is 6.61 Å². The molecule has 0 aliphatic heterocycles. The van der Waals surface area contributed by atoms with Crippen molar-refractivity contribution >= 4 is 11.6 Å².